The van der Waals surface area contributed by atoms with Crippen LogP contribution in [0.2, 0.25) is 0 Å². The maximum atomic E-state index is 12.9. The Morgan fingerprint density at radius 1 is 1.26 bits per heavy atom. The van der Waals surface area contributed by atoms with Gasteiger partial charge in [-0.25, -0.2) is 0 Å². The Bertz CT molecular complexity index is 304. The molecule has 0 radical (unpaired) electrons. The van der Waals surface area contributed by atoms with Crippen LogP contribution in [0.3, 0.4) is 0 Å². The molecule has 0 saturated heterocycles. The minimum atomic E-state index is -0.244. The molecule has 0 unspecified atom stereocenters. The Kier molecular flexibility index (Phi) is 4.88. The molecule has 3 heteroatoms. The second-order valence-electron chi connectivity index (χ2n) is 6.81. The molecule has 0 aromatic rings. The SMILES string of the molecule is CCN(CC1CCC1)C(=O)C1(CN)CCC(C)CC1. The molecule has 0 aromatic heterocycles. The van der Waals surface area contributed by atoms with Crippen LogP contribution < -0.4 is 5.73 Å². The van der Waals surface area contributed by atoms with E-state index in [1.165, 1.54) is 19.3 Å². The Labute approximate surface area is 117 Å². The van der Waals surface area contributed by atoms with Gasteiger partial charge in [0.2, 0.25) is 5.91 Å². The molecule has 0 atom stereocenters. The third-order valence-corrected chi connectivity index (χ3v) is 5.45. The third kappa shape index (κ3) is 3.13. The lowest BCUT2D eigenvalue weighted by Gasteiger charge is -2.42. The first-order valence-electron chi connectivity index (χ1n) is 8.10. The highest BCUT2D eigenvalue weighted by Gasteiger charge is 2.42. The maximum Gasteiger partial charge on any atom is 0.230 e. The highest BCUT2D eigenvalue weighted by atomic mass is 16.2. The van der Waals surface area contributed by atoms with E-state index in [0.29, 0.717) is 12.5 Å². The number of hydrogen-bond acceptors (Lipinski definition) is 2. The number of nitrogens with two attached hydrogens (primary N) is 1. The molecule has 2 rings (SSSR count). The second-order valence-corrected chi connectivity index (χ2v) is 6.81. The van der Waals surface area contributed by atoms with E-state index < -0.39 is 0 Å². The Morgan fingerprint density at radius 3 is 2.32 bits per heavy atom. The summed E-state index contributed by atoms with van der Waals surface area (Å²) in [5.41, 5.74) is 5.76. The van der Waals surface area contributed by atoms with Crippen LogP contribution in [0.5, 0.6) is 0 Å². The summed E-state index contributed by atoms with van der Waals surface area (Å²) in [6, 6.07) is 0. The van der Waals surface area contributed by atoms with Crippen molar-refractivity contribution in [1.82, 2.24) is 4.90 Å². The molecule has 2 N–H and O–H groups in total. The van der Waals surface area contributed by atoms with Crippen LogP contribution in [0.1, 0.15) is 58.8 Å². The predicted molar refractivity (Wildman–Crippen MR) is 78.7 cm³/mol. The summed E-state index contributed by atoms with van der Waals surface area (Å²) in [7, 11) is 0. The molecule has 3 nitrogen and oxygen atoms in total. The lowest BCUT2D eigenvalue weighted by molar-refractivity contribution is -0.145. The van der Waals surface area contributed by atoms with Gasteiger partial charge in [-0.1, -0.05) is 13.3 Å². The molecule has 110 valence electrons. The summed E-state index contributed by atoms with van der Waals surface area (Å²) < 4.78 is 0. The molecule has 0 spiro atoms. The van der Waals surface area contributed by atoms with Gasteiger partial charge in [-0.3, -0.25) is 4.79 Å². The van der Waals surface area contributed by atoms with E-state index in [1.807, 2.05) is 0 Å². The van der Waals surface area contributed by atoms with Crippen molar-refractivity contribution >= 4 is 5.91 Å². The first-order chi connectivity index (χ1) is 9.11. The average Bonchev–Trinajstić information content (AvgIpc) is 2.38. The van der Waals surface area contributed by atoms with E-state index in [0.717, 1.165) is 50.6 Å². The topological polar surface area (TPSA) is 46.3 Å². The van der Waals surface area contributed by atoms with E-state index in [4.69, 9.17) is 5.73 Å². The molecule has 2 fully saturated rings. The first-order valence-corrected chi connectivity index (χ1v) is 8.10. The zero-order valence-corrected chi connectivity index (χ0v) is 12.7. The standard InChI is InChI=1S/C16H30N2O/c1-3-18(11-14-5-4-6-14)15(19)16(12-17)9-7-13(2)8-10-16/h13-14H,3-12,17H2,1-2H3. The van der Waals surface area contributed by atoms with Crippen molar-refractivity contribution in [1.29, 1.82) is 0 Å². The van der Waals surface area contributed by atoms with Gasteiger partial charge in [0.05, 0.1) is 5.41 Å². The monoisotopic (exact) mass is 266 g/mol. The molecular formula is C16H30N2O. The van der Waals surface area contributed by atoms with E-state index in [2.05, 4.69) is 18.7 Å². The number of nitrogens with zero attached hydrogens (tertiary/aromatic N) is 1. The van der Waals surface area contributed by atoms with Crippen LogP contribution in [-0.2, 0) is 4.79 Å². The van der Waals surface area contributed by atoms with Crippen LogP contribution in [0.4, 0.5) is 0 Å². The molecule has 0 bridgehead atoms. The Morgan fingerprint density at radius 2 is 1.89 bits per heavy atom. The summed E-state index contributed by atoms with van der Waals surface area (Å²) in [6.45, 7) is 6.72. The molecule has 2 aliphatic rings. The fourth-order valence-corrected chi connectivity index (χ4v) is 3.50. The lowest BCUT2D eigenvalue weighted by Crippen LogP contribution is -2.51. The number of amides is 1. The molecule has 19 heavy (non-hydrogen) atoms. The fourth-order valence-electron chi connectivity index (χ4n) is 3.50. The Hall–Kier alpha value is -0.570. The van der Waals surface area contributed by atoms with E-state index in [1.54, 1.807) is 0 Å². The van der Waals surface area contributed by atoms with E-state index >= 15 is 0 Å². The van der Waals surface area contributed by atoms with Crippen molar-refractivity contribution in [2.24, 2.45) is 23.0 Å². The molecule has 0 aliphatic heterocycles. The minimum Gasteiger partial charge on any atom is -0.342 e. The van der Waals surface area contributed by atoms with Gasteiger partial charge >= 0.3 is 0 Å². The second kappa shape index (κ2) is 6.25. The summed E-state index contributed by atoms with van der Waals surface area (Å²) >= 11 is 0. The van der Waals surface area contributed by atoms with Crippen LogP contribution in [0.15, 0.2) is 0 Å². The molecular weight excluding hydrogens is 236 g/mol. The van der Waals surface area contributed by atoms with Crippen LogP contribution >= 0.6 is 0 Å². The van der Waals surface area contributed by atoms with Crippen LogP contribution in [0.25, 0.3) is 0 Å². The molecule has 0 heterocycles. The number of carbonyl (C=O) groups is 1. The van der Waals surface area contributed by atoms with Crippen molar-refractivity contribution < 1.29 is 4.79 Å². The van der Waals surface area contributed by atoms with Gasteiger partial charge in [0.1, 0.15) is 0 Å². The minimum absolute atomic E-state index is 0.244. The van der Waals surface area contributed by atoms with Crippen molar-refractivity contribution in [2.45, 2.75) is 58.8 Å². The normalized spacial score (nSPS) is 31.8. The van der Waals surface area contributed by atoms with Gasteiger partial charge in [-0.2, -0.15) is 0 Å². The molecule has 1 amide bonds. The van der Waals surface area contributed by atoms with Crippen LogP contribution in [-0.4, -0.2) is 30.4 Å². The smallest absolute Gasteiger partial charge is 0.230 e. The predicted octanol–water partition coefficient (Wildman–Crippen LogP) is 2.79. The van der Waals surface area contributed by atoms with E-state index in [-0.39, 0.29) is 5.41 Å². The van der Waals surface area contributed by atoms with Crippen LogP contribution in [0, 0.1) is 17.3 Å². The lowest BCUT2D eigenvalue weighted by atomic mass is 9.69. The quantitative estimate of drug-likeness (QED) is 0.831. The van der Waals surface area contributed by atoms with Crippen molar-refractivity contribution in [3.63, 3.8) is 0 Å². The third-order valence-electron chi connectivity index (χ3n) is 5.45. The average molecular weight is 266 g/mol. The molecule has 2 saturated carbocycles. The Balaban J connectivity index is 2.00. The number of rotatable bonds is 5. The summed E-state index contributed by atoms with van der Waals surface area (Å²) in [5.74, 6) is 1.85. The first kappa shape index (κ1) is 14.8. The number of carbonyl (C=O) groups excluding carboxylic acids is 1. The van der Waals surface area contributed by atoms with Gasteiger partial charge in [-0.05, 0) is 57.3 Å². The zero-order valence-electron chi connectivity index (χ0n) is 12.7. The van der Waals surface area contributed by atoms with Gasteiger partial charge < -0.3 is 10.6 Å². The highest BCUT2D eigenvalue weighted by Crippen LogP contribution is 2.40. The molecule has 0 aromatic carbocycles. The largest absolute Gasteiger partial charge is 0.342 e. The summed E-state index contributed by atoms with van der Waals surface area (Å²) in [6.07, 6.45) is 8.24. The van der Waals surface area contributed by atoms with Gasteiger partial charge in [0.15, 0.2) is 0 Å². The van der Waals surface area contributed by atoms with Crippen molar-refractivity contribution in [2.75, 3.05) is 19.6 Å². The van der Waals surface area contributed by atoms with Gasteiger partial charge in [0, 0.05) is 19.6 Å². The van der Waals surface area contributed by atoms with Gasteiger partial charge in [0.25, 0.3) is 0 Å². The van der Waals surface area contributed by atoms with E-state index in [9.17, 15) is 4.79 Å². The summed E-state index contributed by atoms with van der Waals surface area (Å²) in [4.78, 5) is 15.0. The van der Waals surface area contributed by atoms with Crippen molar-refractivity contribution in [3.8, 4) is 0 Å². The summed E-state index contributed by atoms with van der Waals surface area (Å²) in [5, 5.41) is 0. The zero-order chi connectivity index (χ0) is 13.9. The highest BCUT2D eigenvalue weighted by molar-refractivity contribution is 5.83. The number of hydrogen-bond donors (Lipinski definition) is 1. The fraction of sp³-hybridized carbons (Fsp3) is 0.938. The molecule has 2 aliphatic carbocycles. The van der Waals surface area contributed by atoms with Crippen molar-refractivity contribution in [3.05, 3.63) is 0 Å². The van der Waals surface area contributed by atoms with Gasteiger partial charge in [-0.15, -0.1) is 0 Å². The maximum absolute atomic E-state index is 12.9.